The normalized spacial score (nSPS) is 10.8. The van der Waals surface area contributed by atoms with Gasteiger partial charge in [0.2, 0.25) is 0 Å². The van der Waals surface area contributed by atoms with Gasteiger partial charge in [-0.15, -0.1) is 6.58 Å². The first-order valence-corrected chi connectivity index (χ1v) is 8.64. The van der Waals surface area contributed by atoms with Crippen LogP contribution in [0, 0.1) is 0 Å². The van der Waals surface area contributed by atoms with E-state index < -0.39 is 11.5 Å². The first kappa shape index (κ1) is 19.2. The van der Waals surface area contributed by atoms with Crippen molar-refractivity contribution in [2.45, 2.75) is 6.54 Å². The van der Waals surface area contributed by atoms with Crippen molar-refractivity contribution in [3.8, 4) is 11.4 Å². The summed E-state index contributed by atoms with van der Waals surface area (Å²) in [5.74, 6) is -0.881. The first-order chi connectivity index (χ1) is 13.6. The molecule has 2 aromatic heterocycles. The lowest BCUT2D eigenvalue weighted by molar-refractivity contribution is 0.0695. The van der Waals surface area contributed by atoms with Gasteiger partial charge in [0, 0.05) is 32.0 Å². The van der Waals surface area contributed by atoms with Crippen LogP contribution in [0.15, 0.2) is 54.0 Å². The van der Waals surface area contributed by atoms with Crippen molar-refractivity contribution < 1.29 is 14.6 Å². The summed E-state index contributed by atoms with van der Waals surface area (Å²) < 4.78 is 6.30. The van der Waals surface area contributed by atoms with Crippen molar-refractivity contribution in [1.82, 2.24) is 14.5 Å². The second-order valence-electron chi connectivity index (χ2n) is 5.98. The van der Waals surface area contributed by atoms with E-state index in [1.54, 1.807) is 0 Å². The molecule has 0 spiro atoms. The molecule has 28 heavy (non-hydrogen) atoms. The maximum absolute atomic E-state index is 12.9. The van der Waals surface area contributed by atoms with Crippen LogP contribution >= 0.6 is 0 Å². The van der Waals surface area contributed by atoms with Crippen molar-refractivity contribution in [2.75, 3.05) is 25.6 Å². The molecule has 0 aliphatic carbocycles. The SMILES string of the molecule is C=CCn1c(=O)c(C(=O)O)c(NCCOC)c2cnc(-c3ccccc3)nc21. The molecular formula is C20H20N4O4. The maximum Gasteiger partial charge on any atom is 0.343 e. The molecule has 0 bridgehead atoms. The molecule has 1 aromatic carbocycles. The van der Waals surface area contributed by atoms with E-state index in [0.717, 1.165) is 5.56 Å². The molecule has 3 rings (SSSR count). The summed E-state index contributed by atoms with van der Waals surface area (Å²) in [4.78, 5) is 33.7. The minimum atomic E-state index is -1.32. The zero-order valence-corrected chi connectivity index (χ0v) is 15.4. The average Bonchev–Trinajstić information content (AvgIpc) is 2.71. The third kappa shape index (κ3) is 3.63. The van der Waals surface area contributed by atoms with Crippen LogP contribution in [0.2, 0.25) is 0 Å². The topological polar surface area (TPSA) is 106 Å². The third-order valence-corrected chi connectivity index (χ3v) is 4.17. The quantitative estimate of drug-likeness (QED) is 0.456. The van der Waals surface area contributed by atoms with Crippen molar-refractivity contribution in [3.63, 3.8) is 0 Å². The number of hydrogen-bond donors (Lipinski definition) is 2. The van der Waals surface area contributed by atoms with Gasteiger partial charge >= 0.3 is 5.97 Å². The molecular weight excluding hydrogens is 360 g/mol. The van der Waals surface area contributed by atoms with Gasteiger partial charge in [0.25, 0.3) is 5.56 Å². The van der Waals surface area contributed by atoms with E-state index in [1.807, 2.05) is 30.3 Å². The first-order valence-electron chi connectivity index (χ1n) is 8.64. The van der Waals surface area contributed by atoms with Gasteiger partial charge < -0.3 is 15.2 Å². The molecule has 8 heteroatoms. The number of aromatic carboxylic acids is 1. The fourth-order valence-corrected chi connectivity index (χ4v) is 2.91. The summed E-state index contributed by atoms with van der Waals surface area (Å²) in [6, 6.07) is 9.34. The molecule has 2 N–H and O–H groups in total. The molecule has 8 nitrogen and oxygen atoms in total. The molecule has 0 unspecified atom stereocenters. The number of aromatic nitrogens is 3. The number of fused-ring (bicyclic) bond motifs is 1. The summed E-state index contributed by atoms with van der Waals surface area (Å²) in [6.45, 7) is 4.46. The van der Waals surface area contributed by atoms with Crippen LogP contribution in [0.3, 0.4) is 0 Å². The van der Waals surface area contributed by atoms with Gasteiger partial charge in [-0.05, 0) is 0 Å². The molecule has 0 fully saturated rings. The van der Waals surface area contributed by atoms with Crippen LogP contribution in [-0.4, -0.2) is 45.9 Å². The third-order valence-electron chi connectivity index (χ3n) is 4.17. The summed E-state index contributed by atoms with van der Waals surface area (Å²) in [5, 5.41) is 13.1. The molecule has 0 amide bonds. The summed E-state index contributed by atoms with van der Waals surface area (Å²) in [7, 11) is 1.54. The Kier molecular flexibility index (Phi) is 5.81. The predicted octanol–water partition coefficient (Wildman–Crippen LogP) is 2.40. The van der Waals surface area contributed by atoms with Gasteiger partial charge in [0.05, 0.1) is 17.7 Å². The number of anilines is 1. The number of carbonyl (C=O) groups is 1. The minimum absolute atomic E-state index is 0.124. The van der Waals surface area contributed by atoms with Gasteiger partial charge in [-0.25, -0.2) is 14.8 Å². The molecule has 3 aromatic rings. The van der Waals surface area contributed by atoms with Crippen LogP contribution in [0.25, 0.3) is 22.4 Å². The smallest absolute Gasteiger partial charge is 0.343 e. The number of carboxylic acids is 1. The van der Waals surface area contributed by atoms with Crippen molar-refractivity contribution in [2.24, 2.45) is 0 Å². The Labute approximate surface area is 161 Å². The molecule has 0 aliphatic rings. The predicted molar refractivity (Wildman–Crippen MR) is 107 cm³/mol. The highest BCUT2D eigenvalue weighted by atomic mass is 16.5. The Morgan fingerprint density at radius 2 is 2.11 bits per heavy atom. The highest BCUT2D eigenvalue weighted by Crippen LogP contribution is 2.26. The van der Waals surface area contributed by atoms with E-state index in [-0.39, 0.29) is 17.8 Å². The van der Waals surface area contributed by atoms with Crippen LogP contribution < -0.4 is 10.9 Å². The minimum Gasteiger partial charge on any atom is -0.477 e. The van der Waals surface area contributed by atoms with Crippen LogP contribution in [0.5, 0.6) is 0 Å². The van der Waals surface area contributed by atoms with E-state index in [4.69, 9.17) is 4.74 Å². The number of rotatable bonds is 8. The van der Waals surface area contributed by atoms with Gasteiger partial charge in [0.1, 0.15) is 11.2 Å². The fraction of sp³-hybridized carbons (Fsp3) is 0.200. The Balaban J connectivity index is 2.31. The lowest BCUT2D eigenvalue weighted by atomic mass is 10.1. The van der Waals surface area contributed by atoms with Crippen LogP contribution in [0.1, 0.15) is 10.4 Å². The Hall–Kier alpha value is -3.52. The van der Waals surface area contributed by atoms with Crippen molar-refractivity contribution in [3.05, 3.63) is 65.1 Å². The van der Waals surface area contributed by atoms with Gasteiger partial charge in [-0.3, -0.25) is 9.36 Å². The molecule has 0 aliphatic heterocycles. The molecule has 2 heterocycles. The summed E-state index contributed by atoms with van der Waals surface area (Å²) >= 11 is 0. The van der Waals surface area contributed by atoms with Crippen molar-refractivity contribution in [1.29, 1.82) is 0 Å². The number of benzene rings is 1. The van der Waals surface area contributed by atoms with Crippen molar-refractivity contribution >= 4 is 22.7 Å². The number of carboxylic acid groups (broad SMARTS) is 1. The Morgan fingerprint density at radius 1 is 1.36 bits per heavy atom. The highest BCUT2D eigenvalue weighted by molar-refractivity contribution is 6.03. The number of ether oxygens (including phenoxy) is 1. The second kappa shape index (κ2) is 8.45. The van der Waals surface area contributed by atoms with E-state index >= 15 is 0 Å². The number of pyridine rings is 1. The largest absolute Gasteiger partial charge is 0.477 e. The van der Waals surface area contributed by atoms with Crippen LogP contribution in [-0.2, 0) is 11.3 Å². The van der Waals surface area contributed by atoms with E-state index in [2.05, 4.69) is 21.9 Å². The molecule has 0 atom stereocenters. The van der Waals surface area contributed by atoms with E-state index in [1.165, 1.54) is 23.9 Å². The number of nitrogens with one attached hydrogen (secondary N) is 1. The fourth-order valence-electron chi connectivity index (χ4n) is 2.91. The number of methoxy groups -OCH3 is 1. The molecule has 144 valence electrons. The van der Waals surface area contributed by atoms with E-state index in [0.29, 0.717) is 30.0 Å². The van der Waals surface area contributed by atoms with Gasteiger partial charge in [-0.2, -0.15) is 0 Å². The average molecular weight is 380 g/mol. The summed E-state index contributed by atoms with van der Waals surface area (Å²) in [5.41, 5.74) is 0.297. The second-order valence-corrected chi connectivity index (χ2v) is 5.98. The lowest BCUT2D eigenvalue weighted by Gasteiger charge is -2.16. The number of nitrogens with zero attached hydrogens (tertiary/aromatic N) is 3. The lowest BCUT2D eigenvalue weighted by Crippen LogP contribution is -2.29. The zero-order chi connectivity index (χ0) is 20.1. The van der Waals surface area contributed by atoms with Gasteiger partial charge in [-0.1, -0.05) is 36.4 Å². The Morgan fingerprint density at radius 3 is 2.75 bits per heavy atom. The molecule has 0 saturated heterocycles. The number of allylic oxidation sites excluding steroid dienone is 1. The highest BCUT2D eigenvalue weighted by Gasteiger charge is 2.23. The zero-order valence-electron chi connectivity index (χ0n) is 15.4. The molecule has 0 radical (unpaired) electrons. The Bertz CT molecular complexity index is 1080. The number of hydrogen-bond acceptors (Lipinski definition) is 6. The van der Waals surface area contributed by atoms with E-state index in [9.17, 15) is 14.7 Å². The van der Waals surface area contributed by atoms with Gasteiger partial charge in [0.15, 0.2) is 5.82 Å². The van der Waals surface area contributed by atoms with Crippen LogP contribution in [0.4, 0.5) is 5.69 Å². The maximum atomic E-state index is 12.9. The standard InChI is InChI=1S/C20H20N4O4/c1-3-10-24-18-14(12-22-17(23-18)13-7-5-4-6-8-13)16(21-9-11-28-2)15(19(24)25)20(26)27/h3-8,12,21H,1,9-11H2,2H3,(H,26,27). The molecule has 0 saturated carbocycles. The summed E-state index contributed by atoms with van der Waals surface area (Å²) in [6.07, 6.45) is 3.06. The monoisotopic (exact) mass is 380 g/mol.